The molecule has 1 N–H and O–H groups in total. The van der Waals surface area contributed by atoms with Gasteiger partial charge in [-0.05, 0) is 47.4 Å². The number of allylic oxidation sites excluding steroid dienone is 1. The molecular formula is C24H28O6. The molecule has 30 heavy (non-hydrogen) atoms. The minimum Gasteiger partial charge on any atom is -0.497 e. The second-order valence-corrected chi connectivity index (χ2v) is 6.84. The molecule has 0 aliphatic rings. The van der Waals surface area contributed by atoms with Crippen molar-refractivity contribution in [3.63, 3.8) is 0 Å². The van der Waals surface area contributed by atoms with Crippen molar-refractivity contribution in [2.75, 3.05) is 7.11 Å². The van der Waals surface area contributed by atoms with Crippen LogP contribution in [0.15, 0.2) is 48.5 Å². The molecule has 160 valence electrons. The van der Waals surface area contributed by atoms with E-state index in [0.717, 1.165) is 29.7 Å². The molecule has 0 amide bonds. The van der Waals surface area contributed by atoms with E-state index in [-0.39, 0.29) is 6.42 Å². The molecule has 6 nitrogen and oxygen atoms in total. The Hall–Kier alpha value is -3.28. The molecule has 2 aromatic rings. The molecule has 0 radical (unpaired) electrons. The normalized spacial score (nSPS) is 11.8. The average molecular weight is 412 g/mol. The monoisotopic (exact) mass is 412 g/mol. The number of carboxylic acid groups (broad SMARTS) is 1. The topological polar surface area (TPSA) is 82.1 Å². The molecule has 1 unspecified atom stereocenters. The van der Waals surface area contributed by atoms with Gasteiger partial charge in [-0.15, -0.1) is 0 Å². The smallest absolute Gasteiger partial charge is 0.345 e. The van der Waals surface area contributed by atoms with Crippen LogP contribution in [0.3, 0.4) is 0 Å². The van der Waals surface area contributed by atoms with Gasteiger partial charge in [0.05, 0.1) is 7.11 Å². The van der Waals surface area contributed by atoms with Crippen molar-refractivity contribution in [1.29, 1.82) is 0 Å². The van der Waals surface area contributed by atoms with Crippen LogP contribution in [-0.2, 0) is 27.4 Å². The molecule has 0 spiro atoms. The summed E-state index contributed by atoms with van der Waals surface area (Å²) in [6.45, 7) is 3.61. The zero-order valence-corrected chi connectivity index (χ0v) is 17.6. The highest BCUT2D eigenvalue weighted by Gasteiger charge is 2.23. The van der Waals surface area contributed by atoms with Crippen LogP contribution in [-0.4, -0.2) is 30.3 Å². The summed E-state index contributed by atoms with van der Waals surface area (Å²) < 4.78 is 16.1. The van der Waals surface area contributed by atoms with Crippen molar-refractivity contribution >= 4 is 18.0 Å². The molecule has 0 saturated heterocycles. The molecule has 2 aromatic carbocycles. The summed E-state index contributed by atoms with van der Waals surface area (Å²) in [5.41, 5.74) is 2.54. The Bertz CT molecular complexity index is 870. The third-order valence-corrected chi connectivity index (χ3v) is 4.39. The van der Waals surface area contributed by atoms with Crippen molar-refractivity contribution in [2.24, 2.45) is 0 Å². The van der Waals surface area contributed by atoms with Gasteiger partial charge in [0, 0.05) is 13.3 Å². The molecular weight excluding hydrogens is 384 g/mol. The molecule has 0 saturated carbocycles. The van der Waals surface area contributed by atoms with E-state index in [2.05, 4.69) is 13.0 Å². The van der Waals surface area contributed by atoms with E-state index in [0.29, 0.717) is 17.9 Å². The Kier molecular flexibility index (Phi) is 8.94. The Balaban J connectivity index is 2.24. The number of esters is 1. The first-order valence-electron chi connectivity index (χ1n) is 9.88. The molecule has 6 heteroatoms. The maximum absolute atomic E-state index is 11.5. The van der Waals surface area contributed by atoms with Crippen LogP contribution in [0.2, 0.25) is 0 Å². The number of hydrogen-bond acceptors (Lipinski definition) is 5. The molecule has 0 aliphatic carbocycles. The Morgan fingerprint density at radius 3 is 2.47 bits per heavy atom. The minimum atomic E-state index is -1.28. The molecule has 0 heterocycles. The fraction of sp³-hybridized carbons (Fsp3) is 0.333. The largest absolute Gasteiger partial charge is 0.497 e. The number of rotatable bonds is 11. The molecule has 0 bridgehead atoms. The van der Waals surface area contributed by atoms with Gasteiger partial charge >= 0.3 is 11.9 Å². The van der Waals surface area contributed by atoms with Gasteiger partial charge in [0.1, 0.15) is 18.1 Å². The van der Waals surface area contributed by atoms with Crippen LogP contribution < -0.4 is 9.47 Å². The second kappa shape index (κ2) is 11.7. The highest BCUT2D eigenvalue weighted by molar-refractivity contribution is 5.77. The highest BCUT2D eigenvalue weighted by Crippen LogP contribution is 2.25. The number of unbranched alkanes of at least 4 members (excludes halogenated alkanes) is 1. The van der Waals surface area contributed by atoms with Gasteiger partial charge in [-0.2, -0.15) is 0 Å². The average Bonchev–Trinajstić information content (AvgIpc) is 2.73. The third-order valence-electron chi connectivity index (χ3n) is 4.39. The van der Waals surface area contributed by atoms with Gasteiger partial charge in [-0.25, -0.2) is 4.79 Å². The van der Waals surface area contributed by atoms with Gasteiger partial charge in [0.2, 0.25) is 6.10 Å². The standard InChI is InChI=1S/C24H28O6/c1-4-5-6-7-18-10-13-22(29-16-19-8-11-21(28-3)12-9-19)20(14-18)15-23(24(26)27)30-17(2)25/h6-14,23H,4-5,15-16H2,1-3H3,(H,26,27)/b7-6+. The van der Waals surface area contributed by atoms with E-state index in [1.807, 2.05) is 48.5 Å². The molecule has 1 atom stereocenters. The minimum absolute atomic E-state index is 0.0162. The summed E-state index contributed by atoms with van der Waals surface area (Å²) in [5.74, 6) is -0.523. The maximum Gasteiger partial charge on any atom is 0.345 e. The fourth-order valence-corrected chi connectivity index (χ4v) is 2.85. The lowest BCUT2D eigenvalue weighted by Gasteiger charge is -2.17. The number of ether oxygens (including phenoxy) is 3. The van der Waals surface area contributed by atoms with Crippen molar-refractivity contribution in [1.82, 2.24) is 0 Å². The zero-order valence-electron chi connectivity index (χ0n) is 17.6. The van der Waals surface area contributed by atoms with E-state index < -0.39 is 18.0 Å². The van der Waals surface area contributed by atoms with Gasteiger partial charge in [-0.3, -0.25) is 4.79 Å². The van der Waals surface area contributed by atoms with Crippen molar-refractivity contribution < 1.29 is 28.9 Å². The molecule has 2 rings (SSSR count). The molecule has 0 fully saturated rings. The molecule has 0 aromatic heterocycles. The summed E-state index contributed by atoms with van der Waals surface area (Å²) in [4.78, 5) is 22.8. The van der Waals surface area contributed by atoms with Gasteiger partial charge < -0.3 is 19.3 Å². The van der Waals surface area contributed by atoms with Crippen LogP contribution in [0.25, 0.3) is 6.08 Å². The number of carbonyl (C=O) groups is 2. The van der Waals surface area contributed by atoms with E-state index >= 15 is 0 Å². The third kappa shape index (κ3) is 7.28. The summed E-state index contributed by atoms with van der Waals surface area (Å²) in [6.07, 6.45) is 4.79. The summed E-state index contributed by atoms with van der Waals surface area (Å²) in [6, 6.07) is 13.1. The first-order chi connectivity index (χ1) is 14.4. The molecule has 0 aliphatic heterocycles. The lowest BCUT2D eigenvalue weighted by Crippen LogP contribution is -2.28. The SMILES string of the molecule is CCC/C=C/c1ccc(OCc2ccc(OC)cc2)c(CC(OC(C)=O)C(=O)O)c1. The van der Waals surface area contributed by atoms with E-state index in [1.54, 1.807) is 7.11 Å². The lowest BCUT2D eigenvalue weighted by molar-refractivity contribution is -0.162. The highest BCUT2D eigenvalue weighted by atomic mass is 16.6. The predicted octanol–water partition coefficient (Wildman–Crippen LogP) is 4.65. The van der Waals surface area contributed by atoms with Crippen LogP contribution in [0, 0.1) is 0 Å². The number of carboxylic acids is 1. The Morgan fingerprint density at radius 1 is 1.13 bits per heavy atom. The quantitative estimate of drug-likeness (QED) is 0.541. The Labute approximate surface area is 177 Å². The van der Waals surface area contributed by atoms with Crippen LogP contribution >= 0.6 is 0 Å². The number of aliphatic carboxylic acids is 1. The zero-order chi connectivity index (χ0) is 21.9. The maximum atomic E-state index is 11.5. The van der Waals surface area contributed by atoms with Crippen LogP contribution in [0.5, 0.6) is 11.5 Å². The summed E-state index contributed by atoms with van der Waals surface area (Å²) in [7, 11) is 1.61. The summed E-state index contributed by atoms with van der Waals surface area (Å²) >= 11 is 0. The van der Waals surface area contributed by atoms with Crippen molar-refractivity contribution in [3.8, 4) is 11.5 Å². The second-order valence-electron chi connectivity index (χ2n) is 6.84. The fourth-order valence-electron chi connectivity index (χ4n) is 2.85. The number of benzene rings is 2. The lowest BCUT2D eigenvalue weighted by atomic mass is 10.0. The Morgan fingerprint density at radius 2 is 1.87 bits per heavy atom. The van der Waals surface area contributed by atoms with Crippen LogP contribution in [0.4, 0.5) is 0 Å². The van der Waals surface area contributed by atoms with Crippen molar-refractivity contribution in [3.05, 3.63) is 65.2 Å². The van der Waals surface area contributed by atoms with Gasteiger partial charge in [0.25, 0.3) is 0 Å². The van der Waals surface area contributed by atoms with Gasteiger partial charge in [0.15, 0.2) is 0 Å². The van der Waals surface area contributed by atoms with E-state index in [1.165, 1.54) is 6.92 Å². The number of hydrogen-bond donors (Lipinski definition) is 1. The first-order valence-corrected chi connectivity index (χ1v) is 9.88. The first kappa shape index (κ1) is 23.0. The number of carbonyl (C=O) groups excluding carboxylic acids is 1. The number of methoxy groups -OCH3 is 1. The summed E-state index contributed by atoms with van der Waals surface area (Å²) in [5, 5.41) is 9.43. The predicted molar refractivity (Wildman–Crippen MR) is 115 cm³/mol. The van der Waals surface area contributed by atoms with Crippen molar-refractivity contribution in [2.45, 2.75) is 45.8 Å². The van der Waals surface area contributed by atoms with Gasteiger partial charge in [-0.1, -0.05) is 43.7 Å². The van der Waals surface area contributed by atoms with Crippen LogP contribution in [0.1, 0.15) is 43.4 Å². The van der Waals surface area contributed by atoms with E-state index in [9.17, 15) is 14.7 Å². The van der Waals surface area contributed by atoms with E-state index in [4.69, 9.17) is 14.2 Å².